The molecule has 5 heteroatoms. The Balaban J connectivity index is 0.00000312. The van der Waals surface area contributed by atoms with Gasteiger partial charge in [-0.05, 0) is 93.5 Å². The van der Waals surface area contributed by atoms with E-state index in [-0.39, 0.29) is 24.0 Å². The highest BCUT2D eigenvalue weighted by atomic mass is 127. The number of rotatable bonds is 4. The molecule has 0 bridgehead atoms. The molecule has 0 spiro atoms. The molecular weight excluding hydrogens is 675 g/mol. The largest absolute Gasteiger partial charge is 0.387 e. The van der Waals surface area contributed by atoms with Crippen LogP contribution in [0.15, 0.2) is 146 Å². The molecule has 5 aromatic carbocycles. The van der Waals surface area contributed by atoms with Crippen molar-refractivity contribution in [1.29, 1.82) is 0 Å². The molecule has 0 amide bonds. The highest BCUT2D eigenvalue weighted by Gasteiger charge is 2.18. The third kappa shape index (κ3) is 4.75. The molecule has 0 saturated carbocycles. The van der Waals surface area contributed by atoms with Gasteiger partial charge >= 0.3 is 0 Å². The van der Waals surface area contributed by atoms with Crippen molar-refractivity contribution in [3.63, 3.8) is 0 Å². The van der Waals surface area contributed by atoms with Gasteiger partial charge in [0, 0.05) is 34.9 Å². The van der Waals surface area contributed by atoms with E-state index in [0.717, 1.165) is 46.0 Å². The van der Waals surface area contributed by atoms with E-state index < -0.39 is 0 Å². The molecule has 0 radical (unpaired) electrons. The van der Waals surface area contributed by atoms with Gasteiger partial charge in [0.2, 0.25) is 0 Å². The number of hydrogen-bond donors (Lipinski definition) is 1. The van der Waals surface area contributed by atoms with Gasteiger partial charge in [-0.2, -0.15) is 0 Å². The molecule has 1 aliphatic heterocycles. The molecule has 46 heavy (non-hydrogen) atoms. The molecule has 0 saturated heterocycles. The van der Waals surface area contributed by atoms with Gasteiger partial charge in [0.25, 0.3) is 0 Å². The molecule has 0 unspecified atom stereocenters. The summed E-state index contributed by atoms with van der Waals surface area (Å²) in [5.41, 5.74) is 10.9. The molecule has 8 aromatic rings. The number of hydrogen-bond acceptors (Lipinski definition) is 3. The van der Waals surface area contributed by atoms with Crippen LogP contribution >= 0.6 is 24.0 Å². The average molecular weight is 705 g/mol. The summed E-state index contributed by atoms with van der Waals surface area (Å²) >= 11 is 0. The molecule has 220 valence electrons. The van der Waals surface area contributed by atoms with Crippen molar-refractivity contribution in [2.45, 2.75) is 6.54 Å². The highest BCUT2D eigenvalue weighted by Crippen LogP contribution is 2.35. The van der Waals surface area contributed by atoms with Crippen LogP contribution in [0.1, 0.15) is 11.3 Å². The maximum Gasteiger partial charge on any atom is 0.0899 e. The summed E-state index contributed by atoms with van der Waals surface area (Å²) < 4.78 is 2.36. The molecule has 4 nitrogen and oxygen atoms in total. The first-order valence-corrected chi connectivity index (χ1v) is 15.3. The lowest BCUT2D eigenvalue weighted by atomic mass is 9.97. The van der Waals surface area contributed by atoms with Crippen LogP contribution in [0.4, 0.5) is 0 Å². The third-order valence-corrected chi connectivity index (χ3v) is 8.91. The van der Waals surface area contributed by atoms with E-state index >= 15 is 0 Å². The number of halogens is 1. The van der Waals surface area contributed by atoms with Gasteiger partial charge in [0.05, 0.1) is 28.3 Å². The summed E-state index contributed by atoms with van der Waals surface area (Å²) in [6, 6.07) is 47.5. The Morgan fingerprint density at radius 2 is 1.30 bits per heavy atom. The van der Waals surface area contributed by atoms with Crippen molar-refractivity contribution in [2.24, 2.45) is 0 Å². The number of fused-ring (bicyclic) bond motifs is 6. The predicted octanol–water partition coefficient (Wildman–Crippen LogP) is 10.4. The molecular formula is C41H29IN4. The minimum atomic E-state index is 0. The van der Waals surface area contributed by atoms with Crippen LogP contribution in [0.5, 0.6) is 0 Å². The van der Waals surface area contributed by atoms with Gasteiger partial charge in [0.1, 0.15) is 0 Å². The molecule has 3 aromatic heterocycles. The first-order valence-electron chi connectivity index (χ1n) is 15.3. The fourth-order valence-corrected chi connectivity index (χ4v) is 6.73. The van der Waals surface area contributed by atoms with Gasteiger partial charge in [-0.1, -0.05) is 84.9 Å². The van der Waals surface area contributed by atoms with Crippen molar-refractivity contribution in [2.75, 3.05) is 0 Å². The summed E-state index contributed by atoms with van der Waals surface area (Å²) in [4.78, 5) is 9.77. The lowest BCUT2D eigenvalue weighted by Crippen LogP contribution is -2.10. The lowest BCUT2D eigenvalue weighted by Gasteiger charge is -2.14. The molecule has 1 N–H and O–H groups in total. The van der Waals surface area contributed by atoms with Gasteiger partial charge in [-0.15, -0.1) is 24.0 Å². The summed E-state index contributed by atoms with van der Waals surface area (Å²) in [5, 5.41) is 9.63. The van der Waals surface area contributed by atoms with Crippen LogP contribution in [0.2, 0.25) is 0 Å². The number of pyridine rings is 2. The fourth-order valence-electron chi connectivity index (χ4n) is 6.73. The van der Waals surface area contributed by atoms with Gasteiger partial charge in [-0.3, -0.25) is 4.98 Å². The number of para-hydroxylation sites is 1. The van der Waals surface area contributed by atoms with E-state index in [2.05, 4.69) is 136 Å². The van der Waals surface area contributed by atoms with E-state index in [1.54, 1.807) is 0 Å². The average Bonchev–Trinajstić information content (AvgIpc) is 3.46. The van der Waals surface area contributed by atoms with Crippen LogP contribution in [-0.4, -0.2) is 14.5 Å². The topological polar surface area (TPSA) is 42.7 Å². The van der Waals surface area contributed by atoms with Gasteiger partial charge in [-0.25, -0.2) is 4.98 Å². The Morgan fingerprint density at radius 1 is 0.565 bits per heavy atom. The minimum absolute atomic E-state index is 0. The Kier molecular flexibility index (Phi) is 7.11. The summed E-state index contributed by atoms with van der Waals surface area (Å²) in [7, 11) is 0. The maximum absolute atomic E-state index is 5.13. The Labute approximate surface area is 284 Å². The van der Waals surface area contributed by atoms with Crippen molar-refractivity contribution in [1.82, 2.24) is 19.9 Å². The van der Waals surface area contributed by atoms with Gasteiger partial charge in [0.15, 0.2) is 0 Å². The molecule has 1 aliphatic rings. The van der Waals surface area contributed by atoms with Crippen LogP contribution in [-0.2, 0) is 6.54 Å². The minimum Gasteiger partial charge on any atom is -0.387 e. The van der Waals surface area contributed by atoms with E-state index in [4.69, 9.17) is 4.98 Å². The van der Waals surface area contributed by atoms with E-state index in [9.17, 15) is 0 Å². The standard InChI is InChI=1S/C41H28N4.HI/c1-2-8-33-28(7-1)12-13-29-23-30(16-19-34(29)33)38-24-31(25-39(44-38)37-10-5-6-21-43-37)27-14-17-32(18-15-27)45-40-11-4-3-9-35(40)36-26-42-22-20-41(36)45;/h1-25,42H,26H2;1H. The third-order valence-electron chi connectivity index (χ3n) is 8.91. The zero-order valence-corrected chi connectivity index (χ0v) is 27.2. The Hall–Kier alpha value is -5.27. The number of aromatic nitrogens is 3. The summed E-state index contributed by atoms with van der Waals surface area (Å²) in [6.45, 7) is 0.832. The SMILES string of the molecule is C1=Cc2c(c3ccccc3n2-c2ccc(-c3cc(-c4ccc5c(ccc6ccccc65)c4)nc(-c4ccccn4)c3)cc2)CN1.I. The van der Waals surface area contributed by atoms with Crippen molar-refractivity contribution in [3.05, 3.63) is 157 Å². The number of benzene rings is 5. The molecule has 9 rings (SSSR count). The van der Waals surface area contributed by atoms with Gasteiger partial charge < -0.3 is 9.88 Å². The molecule has 0 atom stereocenters. The van der Waals surface area contributed by atoms with Crippen molar-refractivity contribution in [3.8, 4) is 39.5 Å². The zero-order chi connectivity index (χ0) is 29.7. The monoisotopic (exact) mass is 704 g/mol. The van der Waals surface area contributed by atoms with Crippen LogP contribution in [0, 0.1) is 0 Å². The molecule has 4 heterocycles. The maximum atomic E-state index is 5.13. The number of nitrogens with one attached hydrogen (secondary N) is 1. The molecule has 0 fully saturated rings. The van der Waals surface area contributed by atoms with E-state index in [1.807, 2.05) is 30.6 Å². The zero-order valence-electron chi connectivity index (χ0n) is 24.9. The Bertz CT molecular complexity index is 2430. The van der Waals surface area contributed by atoms with E-state index in [1.165, 1.54) is 43.7 Å². The van der Waals surface area contributed by atoms with Crippen molar-refractivity contribution < 1.29 is 0 Å². The molecule has 0 aliphatic carbocycles. The fraction of sp³-hybridized carbons (Fsp3) is 0.0244. The van der Waals surface area contributed by atoms with E-state index in [0.29, 0.717) is 0 Å². The highest BCUT2D eigenvalue weighted by molar-refractivity contribution is 14.0. The second-order valence-corrected chi connectivity index (χ2v) is 11.5. The van der Waals surface area contributed by atoms with Crippen LogP contribution < -0.4 is 5.32 Å². The summed E-state index contributed by atoms with van der Waals surface area (Å²) in [6.07, 6.45) is 6.04. The first kappa shape index (κ1) is 28.2. The first-order chi connectivity index (χ1) is 22.3. The predicted molar refractivity (Wildman–Crippen MR) is 201 cm³/mol. The second kappa shape index (κ2) is 11.6. The van der Waals surface area contributed by atoms with Crippen LogP contribution in [0.3, 0.4) is 0 Å². The van der Waals surface area contributed by atoms with Crippen LogP contribution in [0.25, 0.3) is 78.0 Å². The second-order valence-electron chi connectivity index (χ2n) is 11.5. The normalized spacial score (nSPS) is 12.2. The summed E-state index contributed by atoms with van der Waals surface area (Å²) in [5.74, 6) is 0. The smallest absolute Gasteiger partial charge is 0.0899 e. The number of nitrogens with zero attached hydrogens (tertiary/aromatic N) is 3. The quantitative estimate of drug-likeness (QED) is 0.147. The van der Waals surface area contributed by atoms with Crippen molar-refractivity contribution >= 4 is 62.5 Å². The Morgan fingerprint density at radius 3 is 2.17 bits per heavy atom. The lowest BCUT2D eigenvalue weighted by molar-refractivity contribution is 0.855.